The number of carbonyl (C=O) groups is 2. The molecule has 0 saturated carbocycles. The highest BCUT2D eigenvalue weighted by atomic mass is 28.4. The van der Waals surface area contributed by atoms with Crippen molar-refractivity contribution in [1.82, 2.24) is 5.32 Å². The molecule has 2 aromatic carbocycles. The zero-order valence-corrected chi connectivity index (χ0v) is 26.4. The molecule has 2 atom stereocenters. The molecule has 3 rings (SSSR count). The van der Waals surface area contributed by atoms with Crippen LogP contribution in [0.5, 0.6) is 11.5 Å². The van der Waals surface area contributed by atoms with Crippen LogP contribution in [-0.2, 0) is 22.0 Å². The number of ether oxygens (including phenoxy) is 3. The summed E-state index contributed by atoms with van der Waals surface area (Å²) >= 11 is 0. The zero-order valence-electron chi connectivity index (χ0n) is 25.4. The number of hydrogen-bond donors (Lipinski definition) is 2. The lowest BCUT2D eigenvalue weighted by Crippen LogP contribution is -2.47. The first kappa shape index (κ1) is 32.5. The topological polar surface area (TPSA) is 109 Å². The molecule has 3 N–H and O–H groups in total. The van der Waals surface area contributed by atoms with E-state index < -0.39 is 26.1 Å². The van der Waals surface area contributed by atoms with Crippen molar-refractivity contribution in [3.8, 4) is 11.5 Å². The molecule has 0 spiro atoms. The average molecular weight is 585 g/mol. The van der Waals surface area contributed by atoms with E-state index in [9.17, 15) is 9.59 Å². The Morgan fingerprint density at radius 3 is 2.39 bits per heavy atom. The van der Waals surface area contributed by atoms with Crippen molar-refractivity contribution in [3.05, 3.63) is 59.7 Å². The van der Waals surface area contributed by atoms with Crippen LogP contribution >= 0.6 is 0 Å². The number of rotatable bonds is 14. The van der Waals surface area contributed by atoms with E-state index >= 15 is 0 Å². The van der Waals surface area contributed by atoms with Gasteiger partial charge in [0.1, 0.15) is 23.7 Å². The fourth-order valence-electron chi connectivity index (χ4n) is 5.80. The third-order valence-electron chi connectivity index (χ3n) is 8.12. The van der Waals surface area contributed by atoms with Crippen molar-refractivity contribution >= 4 is 20.5 Å². The number of nitrogens with two attached hydrogens (primary N) is 1. The summed E-state index contributed by atoms with van der Waals surface area (Å²) in [5.74, 6) is 1.56. The quantitative estimate of drug-likeness (QED) is 0.183. The number of amides is 2. The van der Waals surface area contributed by atoms with E-state index in [0.717, 1.165) is 61.5 Å². The van der Waals surface area contributed by atoms with Crippen LogP contribution < -0.4 is 20.5 Å². The van der Waals surface area contributed by atoms with Crippen LogP contribution in [0.25, 0.3) is 0 Å². The number of para-hydroxylation sites is 1. The van der Waals surface area contributed by atoms with Crippen molar-refractivity contribution in [3.63, 3.8) is 0 Å². The number of aryl methyl sites for hydroxylation is 1. The molecular weight excluding hydrogens is 536 g/mol. The number of nitrogens with one attached hydrogen (secondary N) is 1. The van der Waals surface area contributed by atoms with Gasteiger partial charge in [0.25, 0.3) is 0 Å². The smallest absolute Gasteiger partial charge is 0.409 e. The number of carbonyl (C=O) groups excluding carboxylic acids is 2. The first-order chi connectivity index (χ1) is 19.6. The maximum atomic E-state index is 13.0. The normalized spacial score (nSPS) is 16.2. The van der Waals surface area contributed by atoms with Gasteiger partial charge in [-0.2, -0.15) is 0 Å². The van der Waals surface area contributed by atoms with Gasteiger partial charge in [0, 0.05) is 6.54 Å². The standard InChI is InChI=1S/C32H48N2O6Si/c1-6-41(7-2,8-3)40-29(23-37-27-15-10-9-11-16-27)22-34-31(36)39-32(4,5)21-24-13-12-14-25-17-18-28(38-30(33)35)20-26(25)19-24/h9-11,15-18,20,24,29H,6-8,12-14,19,21-23H2,1-5H3,(H2,33,35)(H,34,36)/t24?,29-/m0/s1. The maximum absolute atomic E-state index is 13.0. The Morgan fingerprint density at radius 2 is 1.73 bits per heavy atom. The number of benzene rings is 2. The molecule has 8 nitrogen and oxygen atoms in total. The van der Waals surface area contributed by atoms with E-state index in [-0.39, 0.29) is 6.10 Å². The van der Waals surface area contributed by atoms with Crippen molar-refractivity contribution in [2.75, 3.05) is 13.2 Å². The first-order valence-corrected chi connectivity index (χ1v) is 17.5. The summed E-state index contributed by atoms with van der Waals surface area (Å²) in [7, 11) is -1.92. The molecule has 1 aliphatic rings. The Kier molecular flexibility index (Phi) is 12.1. The maximum Gasteiger partial charge on any atom is 0.409 e. The van der Waals surface area contributed by atoms with Gasteiger partial charge in [-0.05, 0) is 105 Å². The second-order valence-electron chi connectivity index (χ2n) is 11.7. The molecule has 1 unspecified atom stereocenters. The van der Waals surface area contributed by atoms with E-state index in [1.54, 1.807) is 6.07 Å². The van der Waals surface area contributed by atoms with Crippen LogP contribution in [0.3, 0.4) is 0 Å². The first-order valence-electron chi connectivity index (χ1n) is 15.0. The fourth-order valence-corrected chi connectivity index (χ4v) is 8.66. The summed E-state index contributed by atoms with van der Waals surface area (Å²) < 4.78 is 23.8. The van der Waals surface area contributed by atoms with Crippen LogP contribution in [0.4, 0.5) is 9.59 Å². The van der Waals surface area contributed by atoms with Crippen LogP contribution in [0.2, 0.25) is 18.1 Å². The summed E-state index contributed by atoms with van der Waals surface area (Å²) in [6.07, 6.45) is 3.04. The molecule has 226 valence electrons. The largest absolute Gasteiger partial charge is 0.491 e. The molecule has 0 saturated heterocycles. The summed E-state index contributed by atoms with van der Waals surface area (Å²) in [5, 5.41) is 2.96. The molecule has 1 aliphatic carbocycles. The number of alkyl carbamates (subject to hydrolysis) is 1. The minimum atomic E-state index is -1.92. The van der Waals surface area contributed by atoms with Gasteiger partial charge >= 0.3 is 12.2 Å². The van der Waals surface area contributed by atoms with Gasteiger partial charge in [0.15, 0.2) is 8.32 Å². The molecule has 0 aliphatic heterocycles. The molecule has 0 heterocycles. The van der Waals surface area contributed by atoms with Crippen molar-refractivity contribution in [2.45, 2.75) is 96.6 Å². The fraction of sp³-hybridized carbons (Fsp3) is 0.562. The Morgan fingerprint density at radius 1 is 1.02 bits per heavy atom. The van der Waals surface area contributed by atoms with Gasteiger partial charge in [-0.15, -0.1) is 0 Å². The van der Waals surface area contributed by atoms with Gasteiger partial charge in [-0.3, -0.25) is 0 Å². The lowest BCUT2D eigenvalue weighted by Gasteiger charge is -2.34. The lowest BCUT2D eigenvalue weighted by molar-refractivity contribution is 0.0170. The summed E-state index contributed by atoms with van der Waals surface area (Å²) in [6, 6.07) is 18.4. The van der Waals surface area contributed by atoms with Crippen molar-refractivity contribution < 1.29 is 28.2 Å². The zero-order chi connectivity index (χ0) is 29.9. The highest BCUT2D eigenvalue weighted by Crippen LogP contribution is 2.33. The van der Waals surface area contributed by atoms with Gasteiger partial charge in [-0.25, -0.2) is 9.59 Å². The summed E-state index contributed by atoms with van der Waals surface area (Å²) in [5.41, 5.74) is 6.95. The highest BCUT2D eigenvalue weighted by molar-refractivity contribution is 6.73. The van der Waals surface area contributed by atoms with E-state index in [0.29, 0.717) is 24.8 Å². The summed E-state index contributed by atoms with van der Waals surface area (Å²) in [6.45, 7) is 11.2. The van der Waals surface area contributed by atoms with E-state index in [4.69, 9.17) is 24.4 Å². The van der Waals surface area contributed by atoms with Crippen LogP contribution in [-0.4, -0.2) is 45.4 Å². The monoisotopic (exact) mass is 584 g/mol. The third kappa shape index (κ3) is 10.4. The SMILES string of the molecule is CC[Si](CC)(CC)O[C@@H](CNC(=O)OC(C)(C)CC1CCCc2ccc(OC(N)=O)cc2C1)COc1ccccc1. The molecule has 2 aromatic rings. The van der Waals surface area contributed by atoms with E-state index in [1.807, 2.05) is 56.3 Å². The Labute approximate surface area is 246 Å². The predicted octanol–water partition coefficient (Wildman–Crippen LogP) is 7.00. The molecule has 2 amide bonds. The minimum absolute atomic E-state index is 0.271. The molecule has 9 heteroatoms. The Bertz CT molecular complexity index is 1110. The van der Waals surface area contributed by atoms with Crippen molar-refractivity contribution in [1.29, 1.82) is 0 Å². The molecule has 0 aromatic heterocycles. The molecular formula is C32H48N2O6Si. The Hall–Kier alpha value is -3.04. The third-order valence-corrected chi connectivity index (χ3v) is 12.8. The van der Waals surface area contributed by atoms with E-state index in [2.05, 4.69) is 26.1 Å². The predicted molar refractivity (Wildman–Crippen MR) is 164 cm³/mol. The molecule has 0 fully saturated rings. The highest BCUT2D eigenvalue weighted by Gasteiger charge is 2.33. The Balaban J connectivity index is 1.59. The minimum Gasteiger partial charge on any atom is -0.491 e. The second-order valence-corrected chi connectivity index (χ2v) is 16.4. The van der Waals surface area contributed by atoms with Gasteiger partial charge in [0.05, 0.1) is 6.10 Å². The van der Waals surface area contributed by atoms with Gasteiger partial charge < -0.3 is 29.7 Å². The van der Waals surface area contributed by atoms with Crippen LogP contribution in [0.15, 0.2) is 48.5 Å². The molecule has 0 bridgehead atoms. The summed E-state index contributed by atoms with van der Waals surface area (Å²) in [4.78, 5) is 24.2. The number of primary amides is 1. The molecule has 41 heavy (non-hydrogen) atoms. The number of hydrogen-bond acceptors (Lipinski definition) is 6. The second kappa shape index (κ2) is 15.3. The van der Waals surface area contributed by atoms with Crippen molar-refractivity contribution in [2.24, 2.45) is 11.7 Å². The van der Waals surface area contributed by atoms with Crippen LogP contribution in [0, 0.1) is 5.92 Å². The van der Waals surface area contributed by atoms with Crippen LogP contribution in [0.1, 0.15) is 65.0 Å². The number of fused-ring (bicyclic) bond motifs is 1. The van der Waals surface area contributed by atoms with E-state index in [1.165, 1.54) is 5.56 Å². The molecule has 0 radical (unpaired) electrons. The lowest BCUT2D eigenvalue weighted by atomic mass is 9.86. The van der Waals surface area contributed by atoms with Gasteiger partial charge in [0.2, 0.25) is 0 Å². The average Bonchev–Trinajstić information content (AvgIpc) is 3.13. The van der Waals surface area contributed by atoms with Gasteiger partial charge in [-0.1, -0.05) is 45.0 Å².